The van der Waals surface area contributed by atoms with Crippen LogP contribution in [-0.2, 0) is 14.8 Å². The number of carbonyl (C=O) groups is 2. The highest BCUT2D eigenvalue weighted by atomic mass is 35.5. The van der Waals surface area contributed by atoms with Gasteiger partial charge in [-0.25, -0.2) is 8.42 Å². The molecular formula is C18H28ClN3O4S. The Kier molecular flexibility index (Phi) is 8.87. The smallest absolute Gasteiger partial charge is 0.243 e. The zero-order valence-corrected chi connectivity index (χ0v) is 17.3. The van der Waals surface area contributed by atoms with Crippen LogP contribution in [0, 0.1) is 0 Å². The summed E-state index contributed by atoms with van der Waals surface area (Å²) >= 11 is 0. The molecule has 3 N–H and O–H groups in total. The summed E-state index contributed by atoms with van der Waals surface area (Å²) in [5.41, 5.74) is 6.13. The molecule has 1 heterocycles. The van der Waals surface area contributed by atoms with E-state index in [-0.39, 0.29) is 35.0 Å². The third kappa shape index (κ3) is 6.00. The van der Waals surface area contributed by atoms with E-state index >= 15 is 0 Å². The second-order valence-electron chi connectivity index (χ2n) is 6.76. The number of ketones is 1. The van der Waals surface area contributed by atoms with E-state index < -0.39 is 16.1 Å². The van der Waals surface area contributed by atoms with Crippen molar-refractivity contribution in [3.05, 3.63) is 29.8 Å². The number of rotatable bonds is 7. The van der Waals surface area contributed by atoms with Crippen molar-refractivity contribution in [2.24, 2.45) is 5.73 Å². The monoisotopic (exact) mass is 417 g/mol. The fourth-order valence-corrected chi connectivity index (χ4v) is 4.65. The molecule has 1 saturated heterocycles. The van der Waals surface area contributed by atoms with Gasteiger partial charge in [0.1, 0.15) is 6.04 Å². The molecule has 152 valence electrons. The molecule has 9 heteroatoms. The number of nitrogens with zero attached hydrogens (tertiary/aromatic N) is 1. The average Bonchev–Trinajstić information content (AvgIpc) is 2.61. The lowest BCUT2D eigenvalue weighted by molar-refractivity contribution is -0.125. The van der Waals surface area contributed by atoms with Gasteiger partial charge in [0, 0.05) is 24.7 Å². The average molecular weight is 418 g/mol. The second-order valence-corrected chi connectivity index (χ2v) is 8.66. The highest BCUT2D eigenvalue weighted by Crippen LogP contribution is 2.26. The van der Waals surface area contributed by atoms with Gasteiger partial charge in [0.25, 0.3) is 0 Å². The first-order chi connectivity index (χ1) is 12.2. The second kappa shape index (κ2) is 10.2. The summed E-state index contributed by atoms with van der Waals surface area (Å²) in [5.74, 6) is -0.410. The first kappa shape index (κ1) is 23.6. The van der Waals surface area contributed by atoms with Gasteiger partial charge in [-0.3, -0.25) is 9.59 Å². The normalized spacial score (nSPS) is 19.0. The lowest BCUT2D eigenvalue weighted by atomic mass is 10.0. The van der Waals surface area contributed by atoms with Crippen LogP contribution >= 0.6 is 12.4 Å². The Balaban J connectivity index is 0.00000364. The lowest BCUT2D eigenvalue weighted by Crippen LogP contribution is -2.52. The number of amides is 1. The van der Waals surface area contributed by atoms with E-state index in [0.717, 1.165) is 6.42 Å². The van der Waals surface area contributed by atoms with Gasteiger partial charge in [0.15, 0.2) is 5.78 Å². The molecule has 0 saturated carbocycles. The van der Waals surface area contributed by atoms with E-state index in [0.29, 0.717) is 37.9 Å². The minimum atomic E-state index is -3.80. The van der Waals surface area contributed by atoms with Gasteiger partial charge in [-0.05, 0) is 45.2 Å². The molecule has 1 aliphatic heterocycles. The molecule has 2 atom stereocenters. The van der Waals surface area contributed by atoms with E-state index in [1.54, 1.807) is 0 Å². The molecule has 1 aromatic rings. The Morgan fingerprint density at radius 3 is 2.44 bits per heavy atom. The summed E-state index contributed by atoms with van der Waals surface area (Å²) in [6.45, 7) is 4.02. The van der Waals surface area contributed by atoms with Crippen molar-refractivity contribution in [3.8, 4) is 0 Å². The molecule has 2 rings (SSSR count). The topological polar surface area (TPSA) is 110 Å². The van der Waals surface area contributed by atoms with Gasteiger partial charge in [-0.1, -0.05) is 18.6 Å². The Labute approximate surface area is 167 Å². The van der Waals surface area contributed by atoms with E-state index in [4.69, 9.17) is 5.73 Å². The Hall–Kier alpha value is -1.48. The summed E-state index contributed by atoms with van der Waals surface area (Å²) in [6.07, 6.45) is 2.65. The Morgan fingerprint density at radius 2 is 1.89 bits per heavy atom. The zero-order chi connectivity index (χ0) is 19.3. The predicted octanol–water partition coefficient (Wildman–Crippen LogP) is 1.71. The maximum atomic E-state index is 13.0. The molecule has 2 unspecified atom stereocenters. The van der Waals surface area contributed by atoms with Gasteiger partial charge in [0.05, 0.1) is 4.90 Å². The Morgan fingerprint density at radius 1 is 1.26 bits per heavy atom. The van der Waals surface area contributed by atoms with E-state index in [2.05, 4.69) is 5.32 Å². The molecular weight excluding hydrogens is 390 g/mol. The number of nitrogens with one attached hydrogen (secondary N) is 1. The van der Waals surface area contributed by atoms with Gasteiger partial charge in [0.2, 0.25) is 15.9 Å². The van der Waals surface area contributed by atoms with E-state index in [1.807, 2.05) is 6.92 Å². The van der Waals surface area contributed by atoms with Crippen LogP contribution in [0.5, 0.6) is 0 Å². The number of Topliss-reactive ketones (excluding diaryl/α,β-unsaturated/α-hetero) is 1. The van der Waals surface area contributed by atoms with Crippen LogP contribution in [0.2, 0.25) is 0 Å². The summed E-state index contributed by atoms with van der Waals surface area (Å²) < 4.78 is 27.3. The first-order valence-electron chi connectivity index (χ1n) is 8.89. The highest BCUT2D eigenvalue weighted by Gasteiger charge is 2.37. The minimum absolute atomic E-state index is 0. The summed E-state index contributed by atoms with van der Waals surface area (Å²) in [4.78, 5) is 24.0. The molecule has 1 aromatic carbocycles. The van der Waals surface area contributed by atoms with Gasteiger partial charge >= 0.3 is 0 Å². The zero-order valence-electron chi connectivity index (χ0n) is 15.7. The maximum Gasteiger partial charge on any atom is 0.243 e. The first-order valence-corrected chi connectivity index (χ1v) is 10.3. The van der Waals surface area contributed by atoms with Crippen molar-refractivity contribution in [1.29, 1.82) is 0 Å². The fraction of sp³-hybridized carbons (Fsp3) is 0.556. The van der Waals surface area contributed by atoms with Gasteiger partial charge < -0.3 is 11.1 Å². The molecule has 27 heavy (non-hydrogen) atoms. The number of benzene rings is 1. The molecule has 0 bridgehead atoms. The molecule has 1 aliphatic rings. The van der Waals surface area contributed by atoms with Crippen molar-refractivity contribution >= 4 is 34.1 Å². The highest BCUT2D eigenvalue weighted by molar-refractivity contribution is 7.89. The lowest BCUT2D eigenvalue weighted by Gasteiger charge is -2.33. The number of carbonyl (C=O) groups excluding carboxylic acids is 2. The van der Waals surface area contributed by atoms with Gasteiger partial charge in [-0.2, -0.15) is 4.31 Å². The quantitative estimate of drug-likeness (QED) is 0.656. The van der Waals surface area contributed by atoms with Crippen LogP contribution in [0.1, 0.15) is 49.9 Å². The summed E-state index contributed by atoms with van der Waals surface area (Å²) in [7, 11) is -3.80. The minimum Gasteiger partial charge on any atom is -0.355 e. The van der Waals surface area contributed by atoms with Crippen LogP contribution in [0.15, 0.2) is 29.2 Å². The Bertz CT molecular complexity index is 750. The standard InChI is InChI=1S/C18H27N3O4S.ClH/c1-13(19)10-11-20-18(23)17-5-3-4-12-21(17)26(24,25)16-8-6-15(7-9-16)14(2)22;/h6-9,13,17H,3-5,10-12,19H2,1-2H3,(H,20,23);1H. The number of piperidine rings is 1. The molecule has 0 spiro atoms. The SMILES string of the molecule is CC(=O)c1ccc(S(=O)(=O)N2CCCCC2C(=O)NCCC(C)N)cc1.Cl. The van der Waals surface area contributed by atoms with Crippen molar-refractivity contribution in [1.82, 2.24) is 9.62 Å². The van der Waals surface area contributed by atoms with Crippen LogP contribution in [0.25, 0.3) is 0 Å². The molecule has 0 aromatic heterocycles. The van der Waals surface area contributed by atoms with Crippen LogP contribution < -0.4 is 11.1 Å². The van der Waals surface area contributed by atoms with Crippen LogP contribution in [0.4, 0.5) is 0 Å². The predicted molar refractivity (Wildman–Crippen MR) is 107 cm³/mol. The molecule has 0 aliphatic carbocycles. The maximum absolute atomic E-state index is 13.0. The summed E-state index contributed by atoms with van der Waals surface area (Å²) in [5, 5.41) is 2.79. The third-order valence-electron chi connectivity index (χ3n) is 4.52. The van der Waals surface area contributed by atoms with E-state index in [1.165, 1.54) is 35.5 Å². The number of halogens is 1. The van der Waals surface area contributed by atoms with Crippen molar-refractivity contribution in [2.75, 3.05) is 13.1 Å². The number of sulfonamides is 1. The molecule has 7 nitrogen and oxygen atoms in total. The van der Waals surface area contributed by atoms with Crippen molar-refractivity contribution in [3.63, 3.8) is 0 Å². The van der Waals surface area contributed by atoms with E-state index in [9.17, 15) is 18.0 Å². The van der Waals surface area contributed by atoms with Crippen molar-refractivity contribution in [2.45, 2.75) is 56.5 Å². The van der Waals surface area contributed by atoms with Crippen molar-refractivity contribution < 1.29 is 18.0 Å². The van der Waals surface area contributed by atoms with Crippen LogP contribution in [-0.4, -0.2) is 49.6 Å². The summed E-state index contributed by atoms with van der Waals surface area (Å²) in [6, 6.07) is 5.10. The number of hydrogen-bond donors (Lipinski definition) is 2. The molecule has 1 amide bonds. The number of hydrogen-bond acceptors (Lipinski definition) is 5. The third-order valence-corrected chi connectivity index (χ3v) is 6.45. The van der Waals surface area contributed by atoms with Crippen LogP contribution in [0.3, 0.4) is 0 Å². The number of nitrogens with two attached hydrogens (primary N) is 1. The molecule has 1 fully saturated rings. The molecule has 0 radical (unpaired) electrons. The van der Waals surface area contributed by atoms with Gasteiger partial charge in [-0.15, -0.1) is 12.4 Å². The fourth-order valence-electron chi connectivity index (χ4n) is 2.99. The largest absolute Gasteiger partial charge is 0.355 e.